The highest BCUT2D eigenvalue weighted by molar-refractivity contribution is 7.99. The molecule has 0 aliphatic heterocycles. The van der Waals surface area contributed by atoms with Gasteiger partial charge in [-0.05, 0) is 43.2 Å². The Hall–Kier alpha value is -2.77. The molecule has 154 valence electrons. The van der Waals surface area contributed by atoms with Crippen molar-refractivity contribution in [1.29, 1.82) is 0 Å². The first kappa shape index (κ1) is 20.5. The molecule has 0 atom stereocenters. The highest BCUT2D eigenvalue weighted by atomic mass is 35.5. The molecule has 4 aromatic rings. The van der Waals surface area contributed by atoms with E-state index >= 15 is 0 Å². The lowest BCUT2D eigenvalue weighted by Crippen LogP contribution is -2.23. The third kappa shape index (κ3) is 3.95. The third-order valence-corrected chi connectivity index (χ3v) is 5.91. The van der Waals surface area contributed by atoms with Crippen molar-refractivity contribution in [2.75, 3.05) is 11.1 Å². The van der Waals surface area contributed by atoms with Crippen LogP contribution in [0.1, 0.15) is 18.9 Å². The molecular formula is C22H20ClN3O3S. The average molecular weight is 442 g/mol. The number of benzene rings is 2. The van der Waals surface area contributed by atoms with E-state index in [0.29, 0.717) is 33.5 Å². The molecule has 2 aromatic carbocycles. The Balaban J connectivity index is 1.65. The molecule has 1 N–H and O–H groups in total. The summed E-state index contributed by atoms with van der Waals surface area (Å²) in [6.07, 6.45) is 0.759. The smallest absolute Gasteiger partial charge is 0.297 e. The van der Waals surface area contributed by atoms with Crippen LogP contribution in [0.4, 0.5) is 5.69 Å². The standard InChI is InChI=1S/C22H20ClN3O3S/c1-3-10-26-21(28)20-19(15-6-4-5-7-17(15)29-20)25-22(26)30-12-18(27)24-16-11-14(23)9-8-13(16)2/h4-9,11H,3,10,12H2,1-2H3,(H,24,27). The minimum Gasteiger partial charge on any atom is -0.448 e. The molecule has 0 unspecified atom stereocenters. The summed E-state index contributed by atoms with van der Waals surface area (Å²) in [4.78, 5) is 30.2. The van der Waals surface area contributed by atoms with Crippen LogP contribution in [0, 0.1) is 6.92 Å². The zero-order valence-electron chi connectivity index (χ0n) is 16.6. The van der Waals surface area contributed by atoms with Crippen molar-refractivity contribution in [3.8, 4) is 0 Å². The Kier molecular flexibility index (Phi) is 5.83. The van der Waals surface area contributed by atoms with Gasteiger partial charge < -0.3 is 9.73 Å². The Morgan fingerprint density at radius 1 is 1.27 bits per heavy atom. The Morgan fingerprint density at radius 3 is 2.87 bits per heavy atom. The molecule has 0 aliphatic carbocycles. The number of aromatic nitrogens is 2. The molecule has 0 fully saturated rings. The second-order valence-corrected chi connectivity index (χ2v) is 8.30. The number of carbonyl (C=O) groups excluding carboxylic acids is 1. The Labute approximate surface area is 182 Å². The number of fused-ring (bicyclic) bond motifs is 3. The van der Waals surface area contributed by atoms with E-state index in [1.807, 2.05) is 44.2 Å². The van der Waals surface area contributed by atoms with Gasteiger partial charge in [-0.3, -0.25) is 14.2 Å². The van der Waals surface area contributed by atoms with E-state index in [0.717, 1.165) is 17.4 Å². The molecule has 0 spiro atoms. The van der Waals surface area contributed by atoms with E-state index in [1.54, 1.807) is 16.7 Å². The predicted molar refractivity (Wildman–Crippen MR) is 122 cm³/mol. The van der Waals surface area contributed by atoms with E-state index in [-0.39, 0.29) is 22.8 Å². The quantitative estimate of drug-likeness (QED) is 0.327. The van der Waals surface area contributed by atoms with E-state index in [4.69, 9.17) is 16.0 Å². The van der Waals surface area contributed by atoms with Gasteiger partial charge >= 0.3 is 0 Å². The minimum absolute atomic E-state index is 0.114. The topological polar surface area (TPSA) is 77.1 Å². The highest BCUT2D eigenvalue weighted by Gasteiger charge is 2.18. The van der Waals surface area contributed by atoms with Crippen molar-refractivity contribution in [1.82, 2.24) is 9.55 Å². The number of anilines is 1. The summed E-state index contributed by atoms with van der Waals surface area (Å²) in [6.45, 7) is 4.38. The number of nitrogens with one attached hydrogen (secondary N) is 1. The molecular weight excluding hydrogens is 422 g/mol. The van der Waals surface area contributed by atoms with Crippen LogP contribution >= 0.6 is 23.4 Å². The van der Waals surface area contributed by atoms with Crippen LogP contribution in [0.3, 0.4) is 0 Å². The average Bonchev–Trinajstić information content (AvgIpc) is 3.10. The van der Waals surface area contributed by atoms with Crippen LogP contribution in [0.15, 0.2) is 56.8 Å². The summed E-state index contributed by atoms with van der Waals surface area (Å²) in [5.41, 5.74) is 2.75. The largest absolute Gasteiger partial charge is 0.448 e. The molecule has 30 heavy (non-hydrogen) atoms. The van der Waals surface area contributed by atoms with Gasteiger partial charge in [0.1, 0.15) is 11.1 Å². The number of halogens is 1. The van der Waals surface area contributed by atoms with Crippen LogP contribution in [-0.4, -0.2) is 21.2 Å². The number of furan rings is 1. The Morgan fingerprint density at radius 2 is 2.07 bits per heavy atom. The lowest BCUT2D eigenvalue weighted by molar-refractivity contribution is -0.113. The fourth-order valence-corrected chi connectivity index (χ4v) is 4.22. The predicted octanol–water partition coefficient (Wildman–Crippen LogP) is 5.25. The highest BCUT2D eigenvalue weighted by Crippen LogP contribution is 2.27. The molecule has 0 bridgehead atoms. The monoisotopic (exact) mass is 441 g/mol. The minimum atomic E-state index is -0.230. The fourth-order valence-electron chi connectivity index (χ4n) is 3.23. The molecule has 0 aliphatic rings. The number of aryl methyl sites for hydroxylation is 1. The van der Waals surface area contributed by atoms with Crippen LogP contribution in [0.5, 0.6) is 0 Å². The first-order valence-corrected chi connectivity index (χ1v) is 10.9. The van der Waals surface area contributed by atoms with Crippen LogP contribution in [0.2, 0.25) is 5.02 Å². The van der Waals surface area contributed by atoms with Crippen LogP contribution in [-0.2, 0) is 11.3 Å². The van der Waals surface area contributed by atoms with Crippen molar-refractivity contribution in [3.05, 3.63) is 63.4 Å². The van der Waals surface area contributed by atoms with E-state index in [1.165, 1.54) is 11.8 Å². The van der Waals surface area contributed by atoms with Gasteiger partial charge in [0.05, 0.1) is 5.75 Å². The van der Waals surface area contributed by atoms with Crippen molar-refractivity contribution in [2.45, 2.75) is 32.0 Å². The fraction of sp³-hybridized carbons (Fsp3) is 0.227. The molecule has 2 aromatic heterocycles. The number of amides is 1. The molecule has 4 rings (SSSR count). The van der Waals surface area contributed by atoms with Gasteiger partial charge in [0.2, 0.25) is 11.5 Å². The van der Waals surface area contributed by atoms with E-state index in [2.05, 4.69) is 10.3 Å². The van der Waals surface area contributed by atoms with Gasteiger partial charge in [0, 0.05) is 22.6 Å². The number of rotatable bonds is 6. The molecule has 0 saturated heterocycles. The van der Waals surface area contributed by atoms with Gasteiger partial charge in [-0.2, -0.15) is 0 Å². The molecule has 0 radical (unpaired) electrons. The summed E-state index contributed by atoms with van der Waals surface area (Å²) in [5, 5.41) is 4.71. The Bertz CT molecular complexity index is 1310. The number of carbonyl (C=O) groups is 1. The first-order valence-electron chi connectivity index (χ1n) is 9.58. The van der Waals surface area contributed by atoms with E-state index < -0.39 is 0 Å². The van der Waals surface area contributed by atoms with Gasteiger partial charge in [-0.15, -0.1) is 0 Å². The van der Waals surface area contributed by atoms with Gasteiger partial charge in [-0.1, -0.05) is 48.5 Å². The second kappa shape index (κ2) is 8.53. The zero-order valence-corrected chi connectivity index (χ0v) is 18.1. The van der Waals surface area contributed by atoms with Crippen LogP contribution < -0.4 is 10.9 Å². The summed E-state index contributed by atoms with van der Waals surface area (Å²) < 4.78 is 7.33. The number of hydrogen-bond donors (Lipinski definition) is 1. The summed E-state index contributed by atoms with van der Waals surface area (Å²) in [5.74, 6) is -0.0801. The summed E-state index contributed by atoms with van der Waals surface area (Å²) in [6, 6.07) is 12.8. The second-order valence-electron chi connectivity index (χ2n) is 6.92. The SMILES string of the molecule is CCCn1c(SCC(=O)Nc2cc(Cl)ccc2C)nc2c(oc3ccccc32)c1=O. The molecule has 8 heteroatoms. The number of nitrogens with zero attached hydrogens (tertiary/aromatic N) is 2. The summed E-state index contributed by atoms with van der Waals surface area (Å²) in [7, 11) is 0. The molecule has 0 saturated carbocycles. The van der Waals surface area contributed by atoms with Crippen molar-refractivity contribution >= 4 is 57.0 Å². The maximum Gasteiger partial charge on any atom is 0.297 e. The molecule has 6 nitrogen and oxygen atoms in total. The number of hydrogen-bond acceptors (Lipinski definition) is 5. The van der Waals surface area contributed by atoms with Crippen molar-refractivity contribution in [2.24, 2.45) is 0 Å². The van der Waals surface area contributed by atoms with Crippen molar-refractivity contribution in [3.63, 3.8) is 0 Å². The number of para-hydroxylation sites is 1. The number of thioether (sulfide) groups is 1. The van der Waals surface area contributed by atoms with Crippen LogP contribution in [0.25, 0.3) is 22.1 Å². The van der Waals surface area contributed by atoms with E-state index in [9.17, 15) is 9.59 Å². The first-order chi connectivity index (χ1) is 14.5. The maximum absolute atomic E-state index is 13.0. The maximum atomic E-state index is 13.0. The zero-order chi connectivity index (χ0) is 21.3. The van der Waals surface area contributed by atoms with Crippen molar-refractivity contribution < 1.29 is 9.21 Å². The van der Waals surface area contributed by atoms with Gasteiger partial charge in [0.15, 0.2) is 5.16 Å². The lowest BCUT2D eigenvalue weighted by atomic mass is 10.2. The normalized spacial score (nSPS) is 11.3. The molecule has 1 amide bonds. The van der Waals surface area contributed by atoms with Gasteiger partial charge in [-0.25, -0.2) is 4.98 Å². The third-order valence-electron chi connectivity index (χ3n) is 4.70. The summed E-state index contributed by atoms with van der Waals surface area (Å²) >= 11 is 7.26. The molecule has 2 heterocycles. The van der Waals surface area contributed by atoms with Gasteiger partial charge in [0.25, 0.3) is 5.56 Å². The lowest BCUT2D eigenvalue weighted by Gasteiger charge is -2.11.